The first-order valence-electron chi connectivity index (χ1n) is 8.52. The Labute approximate surface area is 137 Å². The van der Waals surface area contributed by atoms with Crippen LogP contribution in [0, 0.1) is 11.8 Å². The third-order valence-electron chi connectivity index (χ3n) is 4.97. The Kier molecular flexibility index (Phi) is 4.91. The van der Waals surface area contributed by atoms with Gasteiger partial charge in [-0.15, -0.1) is 0 Å². The van der Waals surface area contributed by atoms with Crippen LogP contribution in [-0.4, -0.2) is 67.9 Å². The number of amides is 2. The van der Waals surface area contributed by atoms with E-state index >= 15 is 0 Å². The van der Waals surface area contributed by atoms with Crippen molar-refractivity contribution >= 4 is 21.8 Å². The van der Waals surface area contributed by atoms with Crippen LogP contribution < -0.4 is 5.32 Å². The maximum Gasteiger partial charge on any atom is 0.225 e. The van der Waals surface area contributed by atoms with Gasteiger partial charge >= 0.3 is 0 Å². The summed E-state index contributed by atoms with van der Waals surface area (Å²) < 4.78 is 24.8. The molecular weight excluding hydrogens is 318 g/mol. The number of carbonyl (C=O) groups excluding carboxylic acids is 2. The molecule has 8 heteroatoms. The predicted molar refractivity (Wildman–Crippen MR) is 85.0 cm³/mol. The van der Waals surface area contributed by atoms with Crippen LogP contribution in [-0.2, 0) is 19.6 Å². The van der Waals surface area contributed by atoms with Crippen molar-refractivity contribution in [3.05, 3.63) is 0 Å². The molecule has 1 saturated carbocycles. The highest BCUT2D eigenvalue weighted by Gasteiger charge is 2.36. The fraction of sp³-hybridized carbons (Fsp3) is 0.867. The summed E-state index contributed by atoms with van der Waals surface area (Å²) >= 11 is 0. The van der Waals surface area contributed by atoms with Crippen LogP contribution in [0.2, 0.25) is 0 Å². The number of hydrogen-bond donors (Lipinski definition) is 1. The molecule has 0 bridgehead atoms. The smallest absolute Gasteiger partial charge is 0.225 e. The van der Waals surface area contributed by atoms with Gasteiger partial charge in [0.2, 0.25) is 21.8 Å². The summed E-state index contributed by atoms with van der Waals surface area (Å²) in [6.45, 7) is 2.59. The summed E-state index contributed by atoms with van der Waals surface area (Å²) in [7, 11) is -3.09. The van der Waals surface area contributed by atoms with Crippen molar-refractivity contribution < 1.29 is 18.0 Å². The Balaban J connectivity index is 1.37. The molecule has 0 unspecified atom stereocenters. The standard InChI is InChI=1S/C15H25N3O4S/c19-14(16-6-10-18-7-1-11-23(18,21)22)12-4-8-17(9-5-12)15(20)13-2-3-13/h12-13H,1-11H2,(H,16,19). The van der Waals surface area contributed by atoms with E-state index in [0.29, 0.717) is 52.0 Å². The normalized spacial score (nSPS) is 25.5. The predicted octanol–water partition coefficient (Wildman–Crippen LogP) is -0.213. The Bertz CT molecular complexity index is 565. The summed E-state index contributed by atoms with van der Waals surface area (Å²) in [5.74, 6) is 0.633. The molecule has 3 rings (SSSR count). The molecule has 7 nitrogen and oxygen atoms in total. The molecule has 2 heterocycles. The third kappa shape index (κ3) is 4.03. The van der Waals surface area contributed by atoms with Crippen molar-refractivity contribution in [2.75, 3.05) is 38.5 Å². The Morgan fingerprint density at radius 1 is 1.00 bits per heavy atom. The minimum Gasteiger partial charge on any atom is -0.355 e. The minimum atomic E-state index is -3.09. The van der Waals surface area contributed by atoms with E-state index in [1.807, 2.05) is 4.90 Å². The number of hydrogen-bond acceptors (Lipinski definition) is 4. The highest BCUT2D eigenvalue weighted by atomic mass is 32.2. The molecular formula is C15H25N3O4S. The number of nitrogens with zero attached hydrogens (tertiary/aromatic N) is 2. The number of carbonyl (C=O) groups is 2. The summed E-state index contributed by atoms with van der Waals surface area (Å²) in [5.41, 5.74) is 0. The topological polar surface area (TPSA) is 86.8 Å². The van der Waals surface area contributed by atoms with Gasteiger partial charge in [0, 0.05) is 44.6 Å². The lowest BCUT2D eigenvalue weighted by Crippen LogP contribution is -2.44. The zero-order valence-corrected chi connectivity index (χ0v) is 14.2. The molecule has 2 amide bonds. The van der Waals surface area contributed by atoms with Crippen molar-refractivity contribution in [2.24, 2.45) is 11.8 Å². The summed E-state index contributed by atoms with van der Waals surface area (Å²) in [6, 6.07) is 0. The number of piperidine rings is 1. The quantitative estimate of drug-likeness (QED) is 0.748. The SMILES string of the molecule is O=C(NCCN1CCCS1(=O)=O)C1CCN(C(=O)C2CC2)CC1. The van der Waals surface area contributed by atoms with Crippen molar-refractivity contribution in [3.63, 3.8) is 0 Å². The van der Waals surface area contributed by atoms with Gasteiger partial charge in [-0.3, -0.25) is 9.59 Å². The first-order chi connectivity index (χ1) is 11.0. The van der Waals surface area contributed by atoms with Crippen LogP contribution in [0.5, 0.6) is 0 Å². The van der Waals surface area contributed by atoms with Crippen molar-refractivity contribution in [1.29, 1.82) is 0 Å². The molecule has 0 aromatic rings. The van der Waals surface area contributed by atoms with E-state index in [4.69, 9.17) is 0 Å². The first kappa shape index (κ1) is 16.7. The second kappa shape index (κ2) is 6.76. The molecule has 0 aromatic heterocycles. The maximum atomic E-state index is 12.2. The molecule has 0 aromatic carbocycles. The Hall–Kier alpha value is -1.15. The zero-order chi connectivity index (χ0) is 16.4. The van der Waals surface area contributed by atoms with Gasteiger partial charge in [-0.1, -0.05) is 0 Å². The van der Waals surface area contributed by atoms with Gasteiger partial charge in [0.25, 0.3) is 0 Å². The Morgan fingerprint density at radius 3 is 2.26 bits per heavy atom. The van der Waals surface area contributed by atoms with Gasteiger partial charge in [-0.05, 0) is 32.1 Å². The molecule has 23 heavy (non-hydrogen) atoms. The van der Waals surface area contributed by atoms with E-state index in [-0.39, 0.29) is 29.4 Å². The highest BCUT2D eigenvalue weighted by molar-refractivity contribution is 7.89. The summed E-state index contributed by atoms with van der Waals surface area (Å²) in [5, 5.41) is 2.85. The van der Waals surface area contributed by atoms with Gasteiger partial charge in [0.1, 0.15) is 0 Å². The van der Waals surface area contributed by atoms with Crippen LogP contribution in [0.4, 0.5) is 0 Å². The zero-order valence-electron chi connectivity index (χ0n) is 13.4. The first-order valence-corrected chi connectivity index (χ1v) is 10.1. The highest BCUT2D eigenvalue weighted by Crippen LogP contribution is 2.32. The van der Waals surface area contributed by atoms with E-state index in [9.17, 15) is 18.0 Å². The largest absolute Gasteiger partial charge is 0.355 e. The lowest BCUT2D eigenvalue weighted by Gasteiger charge is -2.31. The van der Waals surface area contributed by atoms with E-state index in [2.05, 4.69) is 5.32 Å². The molecule has 2 aliphatic heterocycles. The molecule has 3 aliphatic rings. The van der Waals surface area contributed by atoms with E-state index in [1.165, 1.54) is 4.31 Å². The molecule has 1 aliphatic carbocycles. The fourth-order valence-electron chi connectivity index (χ4n) is 3.34. The summed E-state index contributed by atoms with van der Waals surface area (Å²) in [6.07, 6.45) is 4.10. The van der Waals surface area contributed by atoms with Crippen molar-refractivity contribution in [3.8, 4) is 0 Å². The molecule has 0 spiro atoms. The van der Waals surface area contributed by atoms with Gasteiger partial charge in [0.05, 0.1) is 5.75 Å². The second-order valence-corrected chi connectivity index (χ2v) is 8.82. The van der Waals surface area contributed by atoms with Crippen molar-refractivity contribution in [1.82, 2.24) is 14.5 Å². The van der Waals surface area contributed by atoms with Gasteiger partial charge < -0.3 is 10.2 Å². The van der Waals surface area contributed by atoms with Gasteiger partial charge in [-0.2, -0.15) is 0 Å². The maximum absolute atomic E-state index is 12.2. The van der Waals surface area contributed by atoms with Gasteiger partial charge in [0.15, 0.2) is 0 Å². The molecule has 2 saturated heterocycles. The van der Waals surface area contributed by atoms with E-state index in [0.717, 1.165) is 12.8 Å². The molecule has 1 N–H and O–H groups in total. The van der Waals surface area contributed by atoms with Crippen LogP contribution in [0.25, 0.3) is 0 Å². The van der Waals surface area contributed by atoms with E-state index < -0.39 is 10.0 Å². The number of nitrogens with one attached hydrogen (secondary N) is 1. The van der Waals surface area contributed by atoms with Crippen LogP contribution in [0.15, 0.2) is 0 Å². The average Bonchev–Trinajstić information content (AvgIpc) is 3.32. The number of rotatable bonds is 5. The monoisotopic (exact) mass is 343 g/mol. The Morgan fingerprint density at radius 2 is 1.70 bits per heavy atom. The minimum absolute atomic E-state index is 0.0138. The average molecular weight is 343 g/mol. The molecule has 0 atom stereocenters. The second-order valence-electron chi connectivity index (χ2n) is 6.73. The van der Waals surface area contributed by atoms with Crippen molar-refractivity contribution in [2.45, 2.75) is 32.1 Å². The number of sulfonamides is 1. The molecule has 3 fully saturated rings. The van der Waals surface area contributed by atoms with Crippen LogP contribution >= 0.6 is 0 Å². The summed E-state index contributed by atoms with van der Waals surface area (Å²) in [4.78, 5) is 26.0. The number of likely N-dealkylation sites (tertiary alicyclic amines) is 1. The van der Waals surface area contributed by atoms with Crippen LogP contribution in [0.1, 0.15) is 32.1 Å². The lowest BCUT2D eigenvalue weighted by molar-refractivity contribution is -0.136. The lowest BCUT2D eigenvalue weighted by atomic mass is 9.95. The molecule has 0 radical (unpaired) electrons. The van der Waals surface area contributed by atoms with E-state index in [1.54, 1.807) is 0 Å². The third-order valence-corrected chi connectivity index (χ3v) is 6.92. The fourth-order valence-corrected chi connectivity index (χ4v) is 4.87. The van der Waals surface area contributed by atoms with Crippen LogP contribution in [0.3, 0.4) is 0 Å². The van der Waals surface area contributed by atoms with Gasteiger partial charge in [-0.25, -0.2) is 12.7 Å². The molecule has 130 valence electrons.